The fourth-order valence-corrected chi connectivity index (χ4v) is 2.48. The number of nitrogens with zero attached hydrogens (tertiary/aromatic N) is 3. The number of hydrogen-bond donors (Lipinski definition) is 1. The van der Waals surface area contributed by atoms with E-state index in [1.54, 1.807) is 11.0 Å². The molecule has 5 nitrogen and oxygen atoms in total. The molecule has 1 unspecified atom stereocenters. The lowest BCUT2D eigenvalue weighted by Gasteiger charge is -2.11. The van der Waals surface area contributed by atoms with Gasteiger partial charge in [0.2, 0.25) is 0 Å². The molecule has 0 aliphatic heterocycles. The normalized spacial score (nSPS) is 12.2. The van der Waals surface area contributed by atoms with E-state index in [0.29, 0.717) is 24.0 Å². The molecular weight excluding hydrogens is 326 g/mol. The van der Waals surface area contributed by atoms with Gasteiger partial charge in [-0.15, -0.1) is 0 Å². The molecule has 0 saturated heterocycles. The van der Waals surface area contributed by atoms with Crippen LogP contribution in [0.3, 0.4) is 0 Å². The molecule has 1 aromatic heterocycles. The van der Waals surface area contributed by atoms with Crippen molar-refractivity contribution in [1.82, 2.24) is 14.8 Å². The Kier molecular flexibility index (Phi) is 5.59. The highest BCUT2D eigenvalue weighted by Crippen LogP contribution is 2.16. The van der Waals surface area contributed by atoms with Gasteiger partial charge in [0.25, 0.3) is 0 Å². The lowest BCUT2D eigenvalue weighted by atomic mass is 10.2. The van der Waals surface area contributed by atoms with Crippen molar-refractivity contribution in [1.29, 1.82) is 0 Å². The summed E-state index contributed by atoms with van der Waals surface area (Å²) in [6, 6.07) is 17.2. The molecule has 3 rings (SSSR count). The topological polar surface area (TPSA) is 60.2 Å². The molecule has 0 spiro atoms. The zero-order chi connectivity index (χ0) is 16.8. The molecule has 1 heterocycles. The number of aromatic nitrogens is 3. The van der Waals surface area contributed by atoms with Crippen molar-refractivity contribution < 1.29 is 9.84 Å². The minimum atomic E-state index is -0.669. The maximum Gasteiger partial charge on any atom is 0.181 e. The van der Waals surface area contributed by atoms with Crippen LogP contribution < -0.4 is 0 Å². The molecular formula is C18H18ClN3O2. The van der Waals surface area contributed by atoms with Crippen molar-refractivity contribution in [2.45, 2.75) is 19.3 Å². The number of aliphatic hydroxyl groups is 1. The molecule has 0 saturated carbocycles. The number of aliphatic hydroxyl groups excluding tert-OH is 1. The fourth-order valence-electron chi connectivity index (χ4n) is 2.29. The Bertz CT molecular complexity index is 777. The van der Waals surface area contributed by atoms with Gasteiger partial charge >= 0.3 is 0 Å². The summed E-state index contributed by atoms with van der Waals surface area (Å²) in [5.41, 5.74) is 1.85. The number of benzene rings is 2. The molecule has 0 amide bonds. The predicted octanol–water partition coefficient (Wildman–Crippen LogP) is 3.18. The summed E-state index contributed by atoms with van der Waals surface area (Å²) in [6.45, 7) is 0.886. The summed E-state index contributed by atoms with van der Waals surface area (Å²) in [5, 5.41) is 15.1. The maximum absolute atomic E-state index is 10.1. The molecule has 6 heteroatoms. The van der Waals surface area contributed by atoms with Gasteiger partial charge in [-0.1, -0.05) is 60.1 Å². The average Bonchev–Trinajstić information content (AvgIpc) is 3.06. The maximum atomic E-state index is 10.1. The summed E-state index contributed by atoms with van der Waals surface area (Å²) in [4.78, 5) is 4.26. The molecule has 0 aliphatic carbocycles. The van der Waals surface area contributed by atoms with Crippen molar-refractivity contribution in [3.8, 4) is 11.4 Å². The molecule has 0 bridgehead atoms. The van der Waals surface area contributed by atoms with Crippen LogP contribution in [0, 0.1) is 0 Å². The van der Waals surface area contributed by atoms with Crippen LogP contribution >= 0.6 is 11.6 Å². The van der Waals surface area contributed by atoms with Crippen molar-refractivity contribution in [2.24, 2.45) is 0 Å². The second-order valence-electron chi connectivity index (χ2n) is 5.42. The van der Waals surface area contributed by atoms with Gasteiger partial charge in [0.15, 0.2) is 5.82 Å². The Morgan fingerprint density at radius 2 is 1.83 bits per heavy atom. The predicted molar refractivity (Wildman–Crippen MR) is 92.6 cm³/mol. The Hall–Kier alpha value is -2.21. The van der Waals surface area contributed by atoms with Crippen LogP contribution in [-0.2, 0) is 17.9 Å². The van der Waals surface area contributed by atoms with Crippen molar-refractivity contribution in [3.63, 3.8) is 0 Å². The molecule has 1 atom stereocenters. The molecule has 0 aliphatic rings. The van der Waals surface area contributed by atoms with E-state index in [4.69, 9.17) is 16.3 Å². The van der Waals surface area contributed by atoms with Crippen LogP contribution in [-0.4, -0.2) is 32.6 Å². The van der Waals surface area contributed by atoms with E-state index in [-0.39, 0.29) is 6.61 Å². The van der Waals surface area contributed by atoms with Gasteiger partial charge in [0.1, 0.15) is 6.33 Å². The van der Waals surface area contributed by atoms with Crippen LogP contribution in [0.1, 0.15) is 5.56 Å². The standard InChI is InChI=1S/C18H18ClN3O2/c19-17-9-5-4-8-15(17)11-24-12-16(23)10-22-13-20-18(21-22)14-6-2-1-3-7-14/h1-9,13,16,23H,10-12H2. The van der Waals surface area contributed by atoms with Gasteiger partial charge in [-0.05, 0) is 11.6 Å². The van der Waals surface area contributed by atoms with E-state index in [1.807, 2.05) is 54.6 Å². The summed E-state index contributed by atoms with van der Waals surface area (Å²) in [5.74, 6) is 0.639. The van der Waals surface area contributed by atoms with E-state index in [9.17, 15) is 5.11 Å². The monoisotopic (exact) mass is 343 g/mol. The van der Waals surface area contributed by atoms with Gasteiger partial charge in [0, 0.05) is 10.6 Å². The fraction of sp³-hybridized carbons (Fsp3) is 0.222. The van der Waals surface area contributed by atoms with Crippen molar-refractivity contribution in [2.75, 3.05) is 6.61 Å². The highest BCUT2D eigenvalue weighted by atomic mass is 35.5. The molecule has 0 radical (unpaired) electrons. The zero-order valence-corrected chi connectivity index (χ0v) is 13.8. The van der Waals surface area contributed by atoms with E-state index >= 15 is 0 Å². The number of hydrogen-bond acceptors (Lipinski definition) is 4. The average molecular weight is 344 g/mol. The highest BCUT2D eigenvalue weighted by molar-refractivity contribution is 6.31. The third-order valence-corrected chi connectivity index (χ3v) is 3.86. The largest absolute Gasteiger partial charge is 0.389 e. The summed E-state index contributed by atoms with van der Waals surface area (Å²) in [6.07, 6.45) is 0.942. The van der Waals surface area contributed by atoms with Gasteiger partial charge in [-0.25, -0.2) is 9.67 Å². The summed E-state index contributed by atoms with van der Waals surface area (Å²) < 4.78 is 7.15. The van der Waals surface area contributed by atoms with Crippen LogP contribution in [0.5, 0.6) is 0 Å². The lowest BCUT2D eigenvalue weighted by Crippen LogP contribution is -2.22. The lowest BCUT2D eigenvalue weighted by molar-refractivity contribution is 0.0187. The van der Waals surface area contributed by atoms with E-state index in [0.717, 1.165) is 11.1 Å². The van der Waals surface area contributed by atoms with E-state index in [2.05, 4.69) is 10.1 Å². The molecule has 0 fully saturated rings. The van der Waals surface area contributed by atoms with Crippen molar-refractivity contribution in [3.05, 3.63) is 71.5 Å². The third kappa shape index (κ3) is 4.41. The van der Waals surface area contributed by atoms with E-state index < -0.39 is 6.10 Å². The third-order valence-electron chi connectivity index (χ3n) is 3.49. The van der Waals surface area contributed by atoms with Gasteiger partial charge < -0.3 is 9.84 Å². The molecule has 2 aromatic carbocycles. The second kappa shape index (κ2) is 8.06. The van der Waals surface area contributed by atoms with E-state index in [1.165, 1.54) is 0 Å². The first-order valence-corrected chi connectivity index (χ1v) is 8.04. The Labute approximate surface area is 145 Å². The molecule has 3 aromatic rings. The Morgan fingerprint density at radius 3 is 2.62 bits per heavy atom. The summed E-state index contributed by atoms with van der Waals surface area (Å²) >= 11 is 6.07. The molecule has 124 valence electrons. The number of halogens is 1. The van der Waals surface area contributed by atoms with Gasteiger partial charge in [-0.3, -0.25) is 0 Å². The van der Waals surface area contributed by atoms with Crippen molar-refractivity contribution >= 4 is 11.6 Å². The van der Waals surface area contributed by atoms with Crippen LogP contribution in [0.2, 0.25) is 5.02 Å². The first kappa shape index (κ1) is 16.6. The number of rotatable bonds is 7. The van der Waals surface area contributed by atoms with Gasteiger partial charge in [-0.2, -0.15) is 5.10 Å². The Morgan fingerprint density at radius 1 is 1.08 bits per heavy atom. The Balaban J connectivity index is 1.50. The van der Waals surface area contributed by atoms with Crippen LogP contribution in [0.15, 0.2) is 60.9 Å². The first-order chi connectivity index (χ1) is 11.7. The molecule has 1 N–H and O–H groups in total. The quantitative estimate of drug-likeness (QED) is 0.715. The zero-order valence-electron chi connectivity index (χ0n) is 13.0. The first-order valence-electron chi connectivity index (χ1n) is 7.66. The van der Waals surface area contributed by atoms with Crippen LogP contribution in [0.25, 0.3) is 11.4 Å². The smallest absolute Gasteiger partial charge is 0.181 e. The summed E-state index contributed by atoms with van der Waals surface area (Å²) in [7, 11) is 0. The molecule has 24 heavy (non-hydrogen) atoms. The van der Waals surface area contributed by atoms with Crippen LogP contribution in [0.4, 0.5) is 0 Å². The SMILES string of the molecule is OC(COCc1ccccc1Cl)Cn1cnc(-c2ccccc2)n1. The minimum absolute atomic E-state index is 0.200. The highest BCUT2D eigenvalue weighted by Gasteiger charge is 2.09. The van der Waals surface area contributed by atoms with Gasteiger partial charge in [0.05, 0.1) is 25.9 Å². The number of ether oxygens (including phenoxy) is 1. The minimum Gasteiger partial charge on any atom is -0.389 e. The second-order valence-corrected chi connectivity index (χ2v) is 5.82.